The van der Waals surface area contributed by atoms with E-state index in [1.54, 1.807) is 0 Å². The number of aryl methyl sites for hydroxylation is 2. The molecule has 2 aliphatic heterocycles. The van der Waals surface area contributed by atoms with E-state index in [-0.39, 0.29) is 24.0 Å². The second-order valence-electron chi connectivity index (χ2n) is 9.99. The number of amidine groups is 1. The van der Waals surface area contributed by atoms with Crippen LogP contribution in [0, 0.1) is 19.8 Å². The van der Waals surface area contributed by atoms with Crippen molar-refractivity contribution in [1.82, 2.24) is 5.16 Å². The molecular formula is C29H25N5O5S. The van der Waals surface area contributed by atoms with E-state index in [9.17, 15) is 17.8 Å². The van der Waals surface area contributed by atoms with Gasteiger partial charge >= 0.3 is 5.91 Å². The normalized spacial score (nSPS) is 20.4. The van der Waals surface area contributed by atoms with Crippen molar-refractivity contribution >= 4 is 63.2 Å². The predicted molar refractivity (Wildman–Crippen MR) is 154 cm³/mol. The van der Waals surface area contributed by atoms with Gasteiger partial charge in [0, 0.05) is 11.5 Å². The zero-order valence-electron chi connectivity index (χ0n) is 21.8. The SMILES string of the molecule is Cc1noc(C)c1CC1C=c2c(ccc3c4c(ccc23)CC=CC=4)CC1S(=O)(=O)O.O=C1N=CN=C2N=CN=C12. The fourth-order valence-corrected chi connectivity index (χ4v) is 6.60. The zero-order chi connectivity index (χ0) is 28.0. The van der Waals surface area contributed by atoms with Gasteiger partial charge in [-0.15, -0.1) is 0 Å². The predicted octanol–water partition coefficient (Wildman–Crippen LogP) is 2.23. The summed E-state index contributed by atoms with van der Waals surface area (Å²) in [5.74, 6) is 0.312. The molecule has 2 aromatic carbocycles. The Labute approximate surface area is 229 Å². The third-order valence-electron chi connectivity index (χ3n) is 7.62. The Kier molecular flexibility index (Phi) is 6.47. The van der Waals surface area contributed by atoms with Crippen LogP contribution in [0.3, 0.4) is 0 Å². The van der Waals surface area contributed by atoms with Crippen molar-refractivity contribution in [3.8, 4) is 0 Å². The number of fused-ring (bicyclic) bond motifs is 6. The molecule has 0 saturated heterocycles. The van der Waals surface area contributed by atoms with E-state index in [0.29, 0.717) is 18.0 Å². The summed E-state index contributed by atoms with van der Waals surface area (Å²) in [4.78, 5) is 25.3. The van der Waals surface area contributed by atoms with E-state index in [2.05, 4.69) is 61.6 Å². The van der Waals surface area contributed by atoms with Gasteiger partial charge in [0.05, 0.1) is 10.9 Å². The highest BCUT2D eigenvalue weighted by atomic mass is 32.2. The molecule has 7 rings (SSSR count). The standard InChI is InChI=1S/C24H23NO4S.C5H2N4O/c1-14-22(15(2)29-25-14)11-18-12-23-17(13-24(18)30(26,27)28)8-10-20-19-6-4-3-5-16(19)7-9-21(20)23;10-5-3-4(7-1-6-3)8-2-9-5/h3-4,6-10,12,18,24H,5,11,13H2,1-2H3,(H,26,27,28);1-2H. The maximum absolute atomic E-state index is 12.2. The summed E-state index contributed by atoms with van der Waals surface area (Å²) in [6.45, 7) is 3.69. The minimum atomic E-state index is -4.21. The molecule has 0 spiro atoms. The number of aliphatic imine (C=N–C) groups is 4. The Hall–Kier alpha value is -4.35. The van der Waals surface area contributed by atoms with Crippen molar-refractivity contribution in [1.29, 1.82) is 0 Å². The van der Waals surface area contributed by atoms with Crippen molar-refractivity contribution in [3.63, 3.8) is 0 Å². The summed E-state index contributed by atoms with van der Waals surface area (Å²) in [6.07, 6.45) is 12.5. The van der Waals surface area contributed by atoms with E-state index in [1.807, 2.05) is 26.0 Å². The molecule has 11 heteroatoms. The molecule has 2 atom stereocenters. The van der Waals surface area contributed by atoms with Gasteiger partial charge in [-0.3, -0.25) is 9.35 Å². The first-order chi connectivity index (χ1) is 19.2. The summed E-state index contributed by atoms with van der Waals surface area (Å²) < 4.78 is 39.7. The highest BCUT2D eigenvalue weighted by Gasteiger charge is 2.35. The van der Waals surface area contributed by atoms with Gasteiger partial charge in [-0.05, 0) is 65.4 Å². The number of hydrogen-bond acceptors (Lipinski definition) is 8. The molecule has 1 N–H and O–H groups in total. The molecular weight excluding hydrogens is 530 g/mol. The van der Waals surface area contributed by atoms with Crippen LogP contribution in [0.2, 0.25) is 0 Å². The number of rotatable bonds is 3. The largest absolute Gasteiger partial charge is 0.361 e. The molecule has 0 bridgehead atoms. The zero-order valence-corrected chi connectivity index (χ0v) is 22.6. The number of aromatic nitrogens is 1. The van der Waals surface area contributed by atoms with Crippen molar-refractivity contribution in [3.05, 3.63) is 75.0 Å². The van der Waals surface area contributed by atoms with E-state index >= 15 is 0 Å². The van der Waals surface area contributed by atoms with Gasteiger partial charge in [0.1, 0.15) is 18.4 Å². The van der Waals surface area contributed by atoms with E-state index in [1.165, 1.54) is 28.8 Å². The Bertz CT molecular complexity index is 1940. The molecule has 2 aliphatic carbocycles. The Morgan fingerprint density at radius 1 is 1.00 bits per heavy atom. The molecule has 3 aromatic rings. The van der Waals surface area contributed by atoms with Crippen LogP contribution in [-0.2, 0) is 34.2 Å². The number of nitrogens with zero attached hydrogens (tertiary/aromatic N) is 5. The molecule has 0 radical (unpaired) electrons. The minimum absolute atomic E-state index is 0.238. The summed E-state index contributed by atoms with van der Waals surface area (Å²) in [5, 5.41) is 7.70. The van der Waals surface area contributed by atoms with Crippen LogP contribution >= 0.6 is 0 Å². The smallest absolute Gasteiger partial charge is 0.301 e. The van der Waals surface area contributed by atoms with E-state index in [4.69, 9.17) is 4.52 Å². The lowest BCUT2D eigenvalue weighted by molar-refractivity contribution is -0.111. The average Bonchev–Trinajstić information content (AvgIpc) is 3.55. The maximum atomic E-state index is 12.2. The van der Waals surface area contributed by atoms with Gasteiger partial charge < -0.3 is 4.52 Å². The van der Waals surface area contributed by atoms with Crippen LogP contribution in [0.15, 0.2) is 60.9 Å². The highest BCUT2D eigenvalue weighted by Crippen LogP contribution is 2.29. The summed E-state index contributed by atoms with van der Waals surface area (Å²) in [6, 6.07) is 8.37. The molecule has 0 saturated carbocycles. The number of allylic oxidation sites excluding steroid dienone is 2. The summed E-state index contributed by atoms with van der Waals surface area (Å²) in [5.41, 5.74) is 4.15. The number of benzene rings is 2. The molecule has 40 heavy (non-hydrogen) atoms. The minimum Gasteiger partial charge on any atom is -0.361 e. The molecule has 10 nitrogen and oxygen atoms in total. The van der Waals surface area contributed by atoms with Crippen LogP contribution in [0.5, 0.6) is 0 Å². The number of carbonyl (C=O) groups is 1. The number of amides is 1. The van der Waals surface area contributed by atoms with Gasteiger partial charge in [-0.2, -0.15) is 13.4 Å². The summed E-state index contributed by atoms with van der Waals surface area (Å²) in [7, 11) is -4.21. The lowest BCUT2D eigenvalue weighted by atomic mass is 9.84. The third-order valence-corrected chi connectivity index (χ3v) is 8.90. The molecule has 3 heterocycles. The van der Waals surface area contributed by atoms with Crippen LogP contribution in [0.4, 0.5) is 0 Å². The lowest BCUT2D eigenvalue weighted by Crippen LogP contribution is -2.38. The third kappa shape index (κ3) is 4.67. The van der Waals surface area contributed by atoms with E-state index in [0.717, 1.165) is 33.8 Å². The van der Waals surface area contributed by atoms with Crippen molar-refractivity contribution in [2.24, 2.45) is 25.9 Å². The van der Waals surface area contributed by atoms with Crippen LogP contribution in [0.1, 0.15) is 28.1 Å². The maximum Gasteiger partial charge on any atom is 0.301 e. The second kappa shape index (κ2) is 10.00. The molecule has 0 fully saturated rings. The highest BCUT2D eigenvalue weighted by molar-refractivity contribution is 7.86. The molecule has 202 valence electrons. The molecule has 1 amide bonds. The average molecular weight is 556 g/mol. The van der Waals surface area contributed by atoms with Crippen molar-refractivity contribution in [2.75, 3.05) is 0 Å². The Morgan fingerprint density at radius 2 is 1.75 bits per heavy atom. The first-order valence-electron chi connectivity index (χ1n) is 12.8. The van der Waals surface area contributed by atoms with Gasteiger partial charge in [-0.25, -0.2) is 15.0 Å². The number of hydrogen-bond donors (Lipinski definition) is 1. The monoisotopic (exact) mass is 555 g/mol. The van der Waals surface area contributed by atoms with E-state index < -0.39 is 15.4 Å². The van der Waals surface area contributed by atoms with Crippen LogP contribution in [0.25, 0.3) is 22.9 Å². The van der Waals surface area contributed by atoms with Gasteiger partial charge in [0.2, 0.25) is 0 Å². The van der Waals surface area contributed by atoms with Gasteiger partial charge in [0.15, 0.2) is 11.5 Å². The van der Waals surface area contributed by atoms with Crippen LogP contribution in [-0.4, -0.2) is 53.5 Å². The first-order valence-corrected chi connectivity index (χ1v) is 14.3. The van der Waals surface area contributed by atoms with Crippen LogP contribution < -0.4 is 10.4 Å². The molecule has 1 aromatic heterocycles. The quantitative estimate of drug-likeness (QED) is 0.490. The Balaban J connectivity index is 0.000000242. The van der Waals surface area contributed by atoms with Crippen molar-refractivity contribution in [2.45, 2.75) is 38.4 Å². The van der Waals surface area contributed by atoms with Gasteiger partial charge in [-0.1, -0.05) is 53.7 Å². The first kappa shape index (κ1) is 25.9. The van der Waals surface area contributed by atoms with Gasteiger partial charge in [0.25, 0.3) is 10.1 Å². The second-order valence-corrected chi connectivity index (χ2v) is 11.6. The molecule has 4 aliphatic rings. The molecule has 2 unspecified atom stereocenters. The topological polar surface area (TPSA) is 147 Å². The van der Waals surface area contributed by atoms with Crippen molar-refractivity contribution < 1.29 is 22.3 Å². The lowest BCUT2D eigenvalue weighted by Gasteiger charge is -2.27. The Morgan fingerprint density at radius 3 is 2.48 bits per heavy atom. The summed E-state index contributed by atoms with van der Waals surface area (Å²) >= 11 is 0. The number of carbonyl (C=O) groups excluding carboxylic acids is 1. The fourth-order valence-electron chi connectivity index (χ4n) is 5.59. The fraction of sp³-hybridized carbons (Fsp3) is 0.241.